The van der Waals surface area contributed by atoms with E-state index in [1.54, 1.807) is 7.11 Å². The minimum absolute atomic E-state index is 0.0336. The number of benzene rings is 2. The minimum atomic E-state index is -0.389. The van der Waals surface area contributed by atoms with Gasteiger partial charge in [0.15, 0.2) is 0 Å². The fourth-order valence-corrected chi connectivity index (χ4v) is 3.65. The number of carbonyl (C=O) groups excluding carboxylic acids is 2. The van der Waals surface area contributed by atoms with E-state index in [4.69, 9.17) is 10.5 Å². The van der Waals surface area contributed by atoms with Crippen LogP contribution in [0.25, 0.3) is 0 Å². The van der Waals surface area contributed by atoms with Crippen molar-refractivity contribution in [2.45, 2.75) is 31.7 Å². The first kappa shape index (κ1) is 19.7. The molecule has 2 aromatic rings. The maximum absolute atomic E-state index is 12.8. The van der Waals surface area contributed by atoms with E-state index in [2.05, 4.69) is 17.4 Å². The molecule has 0 spiro atoms. The Morgan fingerprint density at radius 2 is 1.93 bits per heavy atom. The molecule has 0 aromatic heterocycles. The minimum Gasteiger partial charge on any atom is -0.497 e. The molecule has 1 unspecified atom stereocenters. The Labute approximate surface area is 165 Å². The molecular weight excluding hydrogens is 354 g/mol. The highest BCUT2D eigenvalue weighted by molar-refractivity contribution is 5.82. The second kappa shape index (κ2) is 9.26. The third-order valence-electron chi connectivity index (χ3n) is 5.10. The van der Waals surface area contributed by atoms with Crippen molar-refractivity contribution in [1.82, 2.24) is 5.32 Å². The van der Waals surface area contributed by atoms with Crippen LogP contribution in [-0.2, 0) is 16.0 Å². The van der Waals surface area contributed by atoms with Gasteiger partial charge in [0, 0.05) is 18.7 Å². The summed E-state index contributed by atoms with van der Waals surface area (Å²) in [6, 6.07) is 15.7. The lowest BCUT2D eigenvalue weighted by atomic mass is 9.88. The quantitative estimate of drug-likeness (QED) is 0.736. The van der Waals surface area contributed by atoms with Crippen molar-refractivity contribution in [3.63, 3.8) is 0 Å². The summed E-state index contributed by atoms with van der Waals surface area (Å²) in [4.78, 5) is 25.9. The summed E-state index contributed by atoms with van der Waals surface area (Å²) in [5.41, 5.74) is 8.67. The zero-order valence-electron chi connectivity index (χ0n) is 16.2. The Morgan fingerprint density at radius 3 is 2.64 bits per heavy atom. The molecule has 6 nitrogen and oxygen atoms in total. The van der Waals surface area contributed by atoms with E-state index < -0.39 is 0 Å². The van der Waals surface area contributed by atoms with Crippen molar-refractivity contribution in [3.05, 3.63) is 59.7 Å². The van der Waals surface area contributed by atoms with Crippen molar-refractivity contribution >= 4 is 17.5 Å². The number of fused-ring (bicyclic) bond motifs is 1. The molecule has 0 saturated carbocycles. The van der Waals surface area contributed by atoms with Crippen LogP contribution in [0, 0.1) is 0 Å². The van der Waals surface area contributed by atoms with Crippen LogP contribution in [0.4, 0.5) is 5.69 Å². The molecule has 1 aliphatic rings. The van der Waals surface area contributed by atoms with E-state index >= 15 is 0 Å². The number of hydrogen-bond donors (Lipinski definition) is 2. The van der Waals surface area contributed by atoms with E-state index in [0.29, 0.717) is 6.54 Å². The van der Waals surface area contributed by atoms with E-state index in [0.717, 1.165) is 30.7 Å². The SMILES string of the molecule is COc1ccc(N(CCC(N)=O)CC(=O)NC2CCCc3ccccc32)cc1. The molecule has 3 N–H and O–H groups in total. The Hall–Kier alpha value is -3.02. The van der Waals surface area contributed by atoms with Crippen LogP contribution in [0.2, 0.25) is 0 Å². The van der Waals surface area contributed by atoms with E-state index in [1.807, 2.05) is 41.3 Å². The van der Waals surface area contributed by atoms with Crippen LogP contribution >= 0.6 is 0 Å². The standard InChI is InChI=1S/C22H27N3O3/c1-28-18-11-9-17(10-12-18)25(14-13-21(23)26)15-22(27)24-20-8-4-6-16-5-2-3-7-19(16)20/h2-3,5,7,9-12,20H,4,6,8,13-15H2,1H3,(H2,23,26)(H,24,27). The Kier molecular flexibility index (Phi) is 6.53. The van der Waals surface area contributed by atoms with Gasteiger partial charge in [-0.3, -0.25) is 9.59 Å². The number of carbonyl (C=O) groups is 2. The average Bonchev–Trinajstić information content (AvgIpc) is 2.71. The van der Waals surface area contributed by atoms with Crippen LogP contribution in [0.1, 0.15) is 36.4 Å². The Balaban J connectivity index is 1.69. The van der Waals surface area contributed by atoms with Gasteiger partial charge in [-0.1, -0.05) is 24.3 Å². The highest BCUT2D eigenvalue weighted by atomic mass is 16.5. The number of primary amides is 1. The van der Waals surface area contributed by atoms with Gasteiger partial charge in [0.25, 0.3) is 0 Å². The fourth-order valence-electron chi connectivity index (χ4n) is 3.65. The first-order chi connectivity index (χ1) is 13.6. The Morgan fingerprint density at radius 1 is 1.18 bits per heavy atom. The molecule has 6 heteroatoms. The van der Waals surface area contributed by atoms with Gasteiger partial charge in [0.1, 0.15) is 5.75 Å². The normalized spacial score (nSPS) is 15.4. The molecule has 3 rings (SSSR count). The van der Waals surface area contributed by atoms with E-state index in [9.17, 15) is 9.59 Å². The molecule has 148 valence electrons. The highest BCUT2D eigenvalue weighted by Crippen LogP contribution is 2.29. The van der Waals surface area contributed by atoms with Crippen LogP contribution < -0.4 is 20.7 Å². The van der Waals surface area contributed by atoms with Crippen molar-refractivity contribution in [3.8, 4) is 5.75 Å². The molecule has 2 aromatic carbocycles. The van der Waals surface area contributed by atoms with Gasteiger partial charge in [0.05, 0.1) is 19.7 Å². The summed E-state index contributed by atoms with van der Waals surface area (Å²) < 4.78 is 5.19. The molecule has 0 radical (unpaired) electrons. The van der Waals surface area contributed by atoms with E-state index in [1.165, 1.54) is 11.1 Å². The number of hydrogen-bond acceptors (Lipinski definition) is 4. The number of ether oxygens (including phenoxy) is 1. The van der Waals surface area contributed by atoms with Gasteiger partial charge in [0.2, 0.25) is 11.8 Å². The maximum Gasteiger partial charge on any atom is 0.240 e. The van der Waals surface area contributed by atoms with Crippen molar-refractivity contribution in [2.24, 2.45) is 5.73 Å². The largest absolute Gasteiger partial charge is 0.497 e. The zero-order chi connectivity index (χ0) is 19.9. The third kappa shape index (κ3) is 5.03. The molecule has 1 aliphatic carbocycles. The molecule has 0 bridgehead atoms. The number of anilines is 1. The number of rotatable bonds is 8. The van der Waals surface area contributed by atoms with Gasteiger partial charge in [-0.15, -0.1) is 0 Å². The van der Waals surface area contributed by atoms with Gasteiger partial charge in [-0.25, -0.2) is 0 Å². The number of nitrogens with two attached hydrogens (primary N) is 1. The smallest absolute Gasteiger partial charge is 0.240 e. The molecule has 2 amide bonds. The Bertz CT molecular complexity index is 820. The summed E-state index contributed by atoms with van der Waals surface area (Å²) in [7, 11) is 1.61. The average molecular weight is 381 g/mol. The lowest BCUT2D eigenvalue weighted by molar-refractivity contribution is -0.121. The van der Waals surface area contributed by atoms with Gasteiger partial charge >= 0.3 is 0 Å². The number of amides is 2. The molecule has 0 heterocycles. The molecule has 0 saturated heterocycles. The molecular formula is C22H27N3O3. The number of methoxy groups -OCH3 is 1. The van der Waals surface area contributed by atoms with Crippen molar-refractivity contribution in [2.75, 3.05) is 25.1 Å². The predicted octanol–water partition coefficient (Wildman–Crippen LogP) is 2.57. The summed E-state index contributed by atoms with van der Waals surface area (Å²) in [5, 5.41) is 3.16. The second-order valence-electron chi connectivity index (χ2n) is 7.05. The van der Waals surface area contributed by atoms with Crippen LogP contribution in [-0.4, -0.2) is 32.0 Å². The molecule has 1 atom stereocenters. The van der Waals surface area contributed by atoms with Crippen LogP contribution in [0.15, 0.2) is 48.5 Å². The molecule has 28 heavy (non-hydrogen) atoms. The number of aryl methyl sites for hydroxylation is 1. The summed E-state index contributed by atoms with van der Waals surface area (Å²) >= 11 is 0. The van der Waals surface area contributed by atoms with Gasteiger partial charge in [-0.05, 0) is 54.7 Å². The summed E-state index contributed by atoms with van der Waals surface area (Å²) in [5.74, 6) is 0.281. The van der Waals surface area contributed by atoms with Crippen molar-refractivity contribution in [1.29, 1.82) is 0 Å². The zero-order valence-corrected chi connectivity index (χ0v) is 16.2. The monoisotopic (exact) mass is 381 g/mol. The van der Waals surface area contributed by atoms with Crippen molar-refractivity contribution < 1.29 is 14.3 Å². The van der Waals surface area contributed by atoms with Crippen LogP contribution in [0.5, 0.6) is 5.75 Å². The van der Waals surface area contributed by atoms with Gasteiger partial charge < -0.3 is 20.7 Å². The molecule has 0 fully saturated rings. The second-order valence-corrected chi connectivity index (χ2v) is 7.05. The topological polar surface area (TPSA) is 84.7 Å². The first-order valence-corrected chi connectivity index (χ1v) is 9.61. The first-order valence-electron chi connectivity index (χ1n) is 9.61. The number of nitrogens with one attached hydrogen (secondary N) is 1. The van der Waals surface area contributed by atoms with Gasteiger partial charge in [-0.2, -0.15) is 0 Å². The highest BCUT2D eigenvalue weighted by Gasteiger charge is 2.22. The number of nitrogens with zero attached hydrogens (tertiary/aromatic N) is 1. The van der Waals surface area contributed by atoms with E-state index in [-0.39, 0.29) is 30.8 Å². The maximum atomic E-state index is 12.8. The molecule has 0 aliphatic heterocycles. The summed E-state index contributed by atoms with van der Waals surface area (Å²) in [6.45, 7) is 0.550. The fraction of sp³-hybridized carbons (Fsp3) is 0.364. The lowest BCUT2D eigenvalue weighted by Crippen LogP contribution is -2.41. The predicted molar refractivity (Wildman–Crippen MR) is 109 cm³/mol. The lowest BCUT2D eigenvalue weighted by Gasteiger charge is -2.29. The summed E-state index contributed by atoms with van der Waals surface area (Å²) in [6.07, 6.45) is 3.24. The van der Waals surface area contributed by atoms with Crippen LogP contribution in [0.3, 0.4) is 0 Å². The third-order valence-corrected chi connectivity index (χ3v) is 5.10.